The zero-order valence-electron chi connectivity index (χ0n) is 17.4. The van der Waals surface area contributed by atoms with E-state index in [0.29, 0.717) is 34.7 Å². The van der Waals surface area contributed by atoms with E-state index in [4.69, 9.17) is 9.47 Å². The van der Waals surface area contributed by atoms with E-state index in [0.717, 1.165) is 6.42 Å². The summed E-state index contributed by atoms with van der Waals surface area (Å²) in [5.41, 5.74) is 0.933. The van der Waals surface area contributed by atoms with Crippen LogP contribution in [0.4, 0.5) is 5.69 Å². The molecule has 1 fully saturated rings. The minimum absolute atomic E-state index is 0.0675. The van der Waals surface area contributed by atoms with Gasteiger partial charge in [-0.1, -0.05) is 6.07 Å². The molecule has 4 rings (SSSR count). The van der Waals surface area contributed by atoms with Gasteiger partial charge in [-0.15, -0.1) is 11.3 Å². The molecule has 0 aliphatic carbocycles. The second kappa shape index (κ2) is 9.07. The molecule has 0 radical (unpaired) electrons. The number of carbonyl (C=O) groups excluding carboxylic acids is 3. The van der Waals surface area contributed by atoms with Gasteiger partial charge in [-0.25, -0.2) is 0 Å². The molecule has 0 saturated carbocycles. The molecule has 31 heavy (non-hydrogen) atoms. The standard InChI is InChI=1S/C22H25N3O5S/c1-23-20(26)11-14-6-7-16-18(30-14)12-29-17-8-5-13(10-15(17)22(28)25(16)2)24-21(27)19-4-3-9-31-19/h3-5,8-10,14,16,18H,6-7,11-12H2,1-2H3,(H,23,26)(H,24,27)/t14-,16+,18-/m0/s1. The molecular formula is C22H25N3O5S. The van der Waals surface area contributed by atoms with Gasteiger partial charge in [0.1, 0.15) is 18.5 Å². The van der Waals surface area contributed by atoms with E-state index in [2.05, 4.69) is 10.6 Å². The number of fused-ring (bicyclic) bond motifs is 2. The number of likely N-dealkylation sites (N-methyl/N-ethyl adjacent to an activating group) is 1. The van der Waals surface area contributed by atoms with Crippen molar-refractivity contribution in [3.63, 3.8) is 0 Å². The lowest BCUT2D eigenvalue weighted by atomic mass is 9.94. The van der Waals surface area contributed by atoms with E-state index in [1.807, 2.05) is 11.4 Å². The molecule has 8 nitrogen and oxygen atoms in total. The highest BCUT2D eigenvalue weighted by molar-refractivity contribution is 7.12. The zero-order valence-corrected chi connectivity index (χ0v) is 18.2. The van der Waals surface area contributed by atoms with Crippen molar-refractivity contribution in [1.29, 1.82) is 0 Å². The van der Waals surface area contributed by atoms with Crippen LogP contribution < -0.4 is 15.4 Å². The Morgan fingerprint density at radius 3 is 2.84 bits per heavy atom. The van der Waals surface area contributed by atoms with Gasteiger partial charge >= 0.3 is 0 Å². The number of ether oxygens (including phenoxy) is 2. The van der Waals surface area contributed by atoms with Crippen LogP contribution in [0.1, 0.15) is 39.3 Å². The second-order valence-electron chi connectivity index (χ2n) is 7.69. The predicted molar refractivity (Wildman–Crippen MR) is 117 cm³/mol. The molecule has 0 bridgehead atoms. The normalized spacial score (nSPS) is 23.0. The third-order valence-electron chi connectivity index (χ3n) is 5.71. The van der Waals surface area contributed by atoms with E-state index in [9.17, 15) is 14.4 Å². The van der Waals surface area contributed by atoms with Crippen molar-refractivity contribution in [3.05, 3.63) is 46.2 Å². The van der Waals surface area contributed by atoms with Crippen molar-refractivity contribution in [1.82, 2.24) is 10.2 Å². The smallest absolute Gasteiger partial charge is 0.265 e. The molecule has 2 aliphatic rings. The van der Waals surface area contributed by atoms with Crippen LogP contribution in [-0.2, 0) is 9.53 Å². The number of hydrogen-bond donors (Lipinski definition) is 2. The fourth-order valence-electron chi connectivity index (χ4n) is 4.01. The monoisotopic (exact) mass is 443 g/mol. The van der Waals surface area contributed by atoms with Gasteiger partial charge in [0.25, 0.3) is 11.8 Å². The summed E-state index contributed by atoms with van der Waals surface area (Å²) < 4.78 is 12.1. The van der Waals surface area contributed by atoms with E-state index < -0.39 is 0 Å². The maximum Gasteiger partial charge on any atom is 0.265 e. The Morgan fingerprint density at radius 1 is 1.26 bits per heavy atom. The molecule has 3 heterocycles. The Morgan fingerprint density at radius 2 is 2.10 bits per heavy atom. The van der Waals surface area contributed by atoms with E-state index in [-0.39, 0.29) is 42.6 Å². The second-order valence-corrected chi connectivity index (χ2v) is 8.64. The summed E-state index contributed by atoms with van der Waals surface area (Å²) in [6, 6.07) is 8.47. The first-order valence-electron chi connectivity index (χ1n) is 10.2. The van der Waals surface area contributed by atoms with Crippen LogP contribution in [0.15, 0.2) is 35.7 Å². The average Bonchev–Trinajstić information content (AvgIpc) is 3.32. The number of nitrogens with zero attached hydrogens (tertiary/aromatic N) is 1. The van der Waals surface area contributed by atoms with Crippen LogP contribution in [0.5, 0.6) is 5.75 Å². The van der Waals surface area contributed by atoms with Crippen LogP contribution in [0, 0.1) is 0 Å². The summed E-state index contributed by atoms with van der Waals surface area (Å²) in [6.07, 6.45) is 1.20. The van der Waals surface area contributed by atoms with Crippen molar-refractivity contribution in [2.24, 2.45) is 0 Å². The van der Waals surface area contributed by atoms with Gasteiger partial charge in [-0.2, -0.15) is 0 Å². The highest BCUT2D eigenvalue weighted by Gasteiger charge is 2.39. The maximum absolute atomic E-state index is 13.2. The Labute approximate surface area is 184 Å². The number of anilines is 1. The molecule has 2 aromatic rings. The van der Waals surface area contributed by atoms with Gasteiger partial charge in [0.2, 0.25) is 5.91 Å². The Kier molecular flexibility index (Phi) is 6.24. The summed E-state index contributed by atoms with van der Waals surface area (Å²) in [5, 5.41) is 7.29. The first-order chi connectivity index (χ1) is 15.0. The molecule has 2 aliphatic heterocycles. The molecule has 1 aromatic heterocycles. The van der Waals surface area contributed by atoms with Crippen molar-refractivity contribution in [3.8, 4) is 5.75 Å². The molecule has 1 aromatic carbocycles. The van der Waals surface area contributed by atoms with Crippen molar-refractivity contribution >= 4 is 34.7 Å². The highest BCUT2D eigenvalue weighted by Crippen LogP contribution is 2.32. The zero-order chi connectivity index (χ0) is 22.0. The van der Waals surface area contributed by atoms with Crippen molar-refractivity contribution in [2.45, 2.75) is 37.5 Å². The SMILES string of the molecule is CNC(=O)C[C@@H]1CC[C@@H]2[C@H](COc3ccc(NC(=O)c4cccs4)cc3C(=O)N2C)O1. The Hall–Kier alpha value is -2.91. The number of nitrogens with one attached hydrogen (secondary N) is 2. The lowest BCUT2D eigenvalue weighted by Gasteiger charge is -2.42. The lowest BCUT2D eigenvalue weighted by Crippen LogP contribution is -2.53. The largest absolute Gasteiger partial charge is 0.490 e. The number of thiophene rings is 1. The van der Waals surface area contributed by atoms with Gasteiger partial charge in [-0.05, 0) is 42.5 Å². The summed E-state index contributed by atoms with van der Waals surface area (Å²) in [5.74, 6) is -0.0285. The average molecular weight is 444 g/mol. The topological polar surface area (TPSA) is 97.0 Å². The molecule has 9 heteroatoms. The Balaban J connectivity index is 1.52. The molecule has 3 amide bonds. The van der Waals surface area contributed by atoms with Crippen LogP contribution in [0.25, 0.3) is 0 Å². The first-order valence-corrected chi connectivity index (χ1v) is 11.1. The summed E-state index contributed by atoms with van der Waals surface area (Å²) in [7, 11) is 3.36. The number of benzene rings is 1. The van der Waals surface area contributed by atoms with Crippen LogP contribution in [0.3, 0.4) is 0 Å². The number of amides is 3. The van der Waals surface area contributed by atoms with E-state index >= 15 is 0 Å². The molecule has 0 unspecified atom stereocenters. The van der Waals surface area contributed by atoms with Crippen LogP contribution in [0.2, 0.25) is 0 Å². The third-order valence-corrected chi connectivity index (χ3v) is 6.58. The van der Waals surface area contributed by atoms with E-state index in [1.165, 1.54) is 11.3 Å². The van der Waals surface area contributed by atoms with E-state index in [1.54, 1.807) is 43.3 Å². The van der Waals surface area contributed by atoms with Crippen molar-refractivity contribution in [2.75, 3.05) is 26.0 Å². The minimum atomic E-state index is -0.316. The number of hydrogen-bond acceptors (Lipinski definition) is 6. The lowest BCUT2D eigenvalue weighted by molar-refractivity contribution is -0.133. The van der Waals surface area contributed by atoms with Crippen LogP contribution in [-0.4, -0.2) is 61.6 Å². The quantitative estimate of drug-likeness (QED) is 0.757. The molecule has 2 N–H and O–H groups in total. The molecule has 3 atom stereocenters. The first kappa shape index (κ1) is 21.3. The van der Waals surface area contributed by atoms with Gasteiger partial charge < -0.3 is 25.0 Å². The predicted octanol–water partition coefficient (Wildman–Crippen LogP) is 2.52. The maximum atomic E-state index is 13.2. The van der Waals surface area contributed by atoms with Gasteiger partial charge in [0.05, 0.1) is 29.0 Å². The summed E-state index contributed by atoms with van der Waals surface area (Å²) in [6.45, 7) is 0.278. The highest BCUT2D eigenvalue weighted by atomic mass is 32.1. The fraction of sp³-hybridized carbons (Fsp3) is 0.409. The molecule has 0 spiro atoms. The molecule has 1 saturated heterocycles. The third kappa shape index (κ3) is 4.57. The fourth-order valence-corrected chi connectivity index (χ4v) is 4.63. The van der Waals surface area contributed by atoms with Crippen LogP contribution >= 0.6 is 11.3 Å². The van der Waals surface area contributed by atoms with Crippen molar-refractivity contribution < 1.29 is 23.9 Å². The summed E-state index contributed by atoms with van der Waals surface area (Å²) >= 11 is 1.35. The van der Waals surface area contributed by atoms with Gasteiger partial charge in [-0.3, -0.25) is 14.4 Å². The number of carbonyl (C=O) groups is 3. The van der Waals surface area contributed by atoms with Gasteiger partial charge in [0.15, 0.2) is 0 Å². The molecule has 164 valence electrons. The minimum Gasteiger partial charge on any atom is -0.490 e. The summed E-state index contributed by atoms with van der Waals surface area (Å²) in [4.78, 5) is 39.6. The molecular weight excluding hydrogens is 418 g/mol. The Bertz CT molecular complexity index is 978. The van der Waals surface area contributed by atoms with Gasteiger partial charge in [0, 0.05) is 19.8 Å². The number of rotatable bonds is 4.